The number of halogens is 1. The molecule has 0 radical (unpaired) electrons. The number of hydrogen-bond donors (Lipinski definition) is 2. The van der Waals surface area contributed by atoms with Crippen molar-refractivity contribution in [3.05, 3.63) is 69.1 Å². The first-order valence-electron chi connectivity index (χ1n) is 8.09. The first-order valence-corrected chi connectivity index (χ1v) is 8.47. The van der Waals surface area contributed by atoms with E-state index >= 15 is 0 Å². The van der Waals surface area contributed by atoms with E-state index in [2.05, 4.69) is 10.6 Å². The third-order valence-corrected chi connectivity index (χ3v) is 4.55. The van der Waals surface area contributed by atoms with Crippen LogP contribution >= 0.6 is 11.6 Å². The molecule has 126 valence electrons. The minimum Gasteiger partial charge on any atom is -0.348 e. The zero-order chi connectivity index (χ0) is 16.9. The molecule has 1 saturated heterocycles. The lowest BCUT2D eigenvalue weighted by Gasteiger charge is -2.23. The highest BCUT2D eigenvalue weighted by Crippen LogP contribution is 2.15. The van der Waals surface area contributed by atoms with E-state index in [1.165, 1.54) is 10.6 Å². The van der Waals surface area contributed by atoms with Crippen LogP contribution in [0.2, 0.25) is 5.02 Å². The number of piperidine rings is 1. The van der Waals surface area contributed by atoms with Gasteiger partial charge in [0.15, 0.2) is 0 Å². The summed E-state index contributed by atoms with van der Waals surface area (Å²) in [5.74, 6) is -0.156. The van der Waals surface area contributed by atoms with Crippen LogP contribution in [-0.2, 0) is 6.54 Å². The fraction of sp³-hybridized carbons (Fsp3) is 0.333. The Morgan fingerprint density at radius 1 is 1.29 bits per heavy atom. The van der Waals surface area contributed by atoms with Gasteiger partial charge in [0.2, 0.25) is 0 Å². The molecular formula is C18H20ClN3O2. The number of nitrogens with one attached hydrogen (secondary N) is 2. The molecule has 5 nitrogen and oxygen atoms in total. The van der Waals surface area contributed by atoms with E-state index in [9.17, 15) is 9.59 Å². The van der Waals surface area contributed by atoms with Crippen molar-refractivity contribution in [3.8, 4) is 0 Å². The average Bonchev–Trinajstić information content (AvgIpc) is 2.59. The summed E-state index contributed by atoms with van der Waals surface area (Å²) < 4.78 is 1.51. The van der Waals surface area contributed by atoms with E-state index in [4.69, 9.17) is 11.6 Å². The van der Waals surface area contributed by atoms with Gasteiger partial charge in [0.25, 0.3) is 11.5 Å². The number of hydrogen-bond acceptors (Lipinski definition) is 3. The lowest BCUT2D eigenvalue weighted by Crippen LogP contribution is -2.45. The molecule has 0 saturated carbocycles. The molecule has 2 aromatic rings. The third-order valence-electron chi connectivity index (χ3n) is 4.18. The molecule has 1 unspecified atom stereocenters. The molecule has 2 N–H and O–H groups in total. The van der Waals surface area contributed by atoms with Crippen molar-refractivity contribution in [2.24, 2.45) is 0 Å². The molecule has 1 amide bonds. The molecule has 1 atom stereocenters. The normalized spacial score (nSPS) is 17.5. The highest BCUT2D eigenvalue weighted by Gasteiger charge is 2.17. The van der Waals surface area contributed by atoms with Crippen LogP contribution < -0.4 is 16.2 Å². The summed E-state index contributed by atoms with van der Waals surface area (Å²) in [4.78, 5) is 24.5. The minimum atomic E-state index is -0.161. The van der Waals surface area contributed by atoms with Gasteiger partial charge in [0, 0.05) is 29.9 Å². The summed E-state index contributed by atoms with van der Waals surface area (Å²) in [7, 11) is 0. The highest BCUT2D eigenvalue weighted by atomic mass is 35.5. The fourth-order valence-electron chi connectivity index (χ4n) is 2.84. The van der Waals surface area contributed by atoms with E-state index in [-0.39, 0.29) is 17.5 Å². The summed E-state index contributed by atoms with van der Waals surface area (Å²) in [5.41, 5.74) is 1.16. The number of pyridine rings is 1. The number of nitrogens with zero attached hydrogens (tertiary/aromatic N) is 1. The number of rotatable bonds is 4. The van der Waals surface area contributed by atoms with Crippen LogP contribution in [0.15, 0.2) is 47.4 Å². The molecule has 0 aliphatic carbocycles. The van der Waals surface area contributed by atoms with Crippen molar-refractivity contribution in [1.29, 1.82) is 0 Å². The summed E-state index contributed by atoms with van der Waals surface area (Å²) in [6, 6.07) is 10.5. The van der Waals surface area contributed by atoms with Gasteiger partial charge < -0.3 is 15.2 Å². The molecule has 0 bridgehead atoms. The largest absolute Gasteiger partial charge is 0.348 e. The van der Waals surface area contributed by atoms with Crippen molar-refractivity contribution in [3.63, 3.8) is 0 Å². The lowest BCUT2D eigenvalue weighted by atomic mass is 10.1. The molecule has 1 aromatic heterocycles. The standard InChI is InChI=1S/C18H20ClN3O2/c19-16-6-2-1-4-13(16)11-22-12-14(7-8-17(22)23)18(24)21-15-5-3-9-20-10-15/h1-2,4,6-8,12,15,20H,3,5,9-11H2,(H,21,24). The van der Waals surface area contributed by atoms with Gasteiger partial charge in [-0.15, -0.1) is 0 Å². The number of carbonyl (C=O) groups is 1. The fourth-order valence-corrected chi connectivity index (χ4v) is 3.04. The average molecular weight is 346 g/mol. The first kappa shape index (κ1) is 16.7. The molecule has 0 spiro atoms. The number of carbonyl (C=O) groups excluding carboxylic acids is 1. The molecule has 6 heteroatoms. The second-order valence-corrected chi connectivity index (χ2v) is 6.40. The van der Waals surface area contributed by atoms with Crippen LogP contribution in [0.1, 0.15) is 28.8 Å². The van der Waals surface area contributed by atoms with Crippen LogP contribution in [-0.4, -0.2) is 29.6 Å². The molecule has 2 heterocycles. The number of benzene rings is 1. The summed E-state index contributed by atoms with van der Waals surface area (Å²) in [6.07, 6.45) is 3.62. The molecule has 1 aliphatic heterocycles. The van der Waals surface area contributed by atoms with Gasteiger partial charge in [-0.05, 0) is 37.1 Å². The molecule has 1 fully saturated rings. The van der Waals surface area contributed by atoms with E-state index < -0.39 is 0 Å². The number of amides is 1. The quantitative estimate of drug-likeness (QED) is 0.891. The second-order valence-electron chi connectivity index (χ2n) is 5.99. The van der Waals surface area contributed by atoms with Crippen molar-refractivity contribution >= 4 is 17.5 Å². The smallest absolute Gasteiger partial charge is 0.253 e. The minimum absolute atomic E-state index is 0.134. The summed E-state index contributed by atoms with van der Waals surface area (Å²) in [6.45, 7) is 2.12. The van der Waals surface area contributed by atoms with E-state index in [0.717, 1.165) is 31.5 Å². The van der Waals surface area contributed by atoms with Crippen LogP contribution in [0.3, 0.4) is 0 Å². The van der Waals surface area contributed by atoms with Crippen molar-refractivity contribution in [1.82, 2.24) is 15.2 Å². The van der Waals surface area contributed by atoms with Gasteiger partial charge in [0.05, 0.1) is 12.1 Å². The monoisotopic (exact) mass is 345 g/mol. The maximum Gasteiger partial charge on any atom is 0.253 e. The summed E-state index contributed by atoms with van der Waals surface area (Å²) >= 11 is 6.16. The first-order chi connectivity index (χ1) is 11.6. The SMILES string of the molecule is O=C(NC1CCCNC1)c1ccc(=O)n(Cc2ccccc2Cl)c1. The van der Waals surface area contributed by atoms with Gasteiger partial charge in [-0.1, -0.05) is 29.8 Å². The van der Waals surface area contributed by atoms with Crippen LogP contribution in [0, 0.1) is 0 Å². The van der Waals surface area contributed by atoms with Crippen molar-refractivity contribution in [2.75, 3.05) is 13.1 Å². The van der Waals surface area contributed by atoms with E-state index in [1.54, 1.807) is 18.3 Å². The molecule has 24 heavy (non-hydrogen) atoms. The Bertz CT molecular complexity index is 782. The topological polar surface area (TPSA) is 63.1 Å². The van der Waals surface area contributed by atoms with Gasteiger partial charge >= 0.3 is 0 Å². The Hall–Kier alpha value is -2.11. The van der Waals surface area contributed by atoms with E-state index in [0.29, 0.717) is 17.1 Å². The molecule has 1 aromatic carbocycles. The van der Waals surface area contributed by atoms with Crippen molar-refractivity contribution < 1.29 is 4.79 Å². The van der Waals surface area contributed by atoms with Crippen LogP contribution in [0.4, 0.5) is 0 Å². The van der Waals surface area contributed by atoms with Gasteiger partial charge in [-0.3, -0.25) is 9.59 Å². The van der Waals surface area contributed by atoms with Crippen molar-refractivity contribution in [2.45, 2.75) is 25.4 Å². The zero-order valence-corrected chi connectivity index (χ0v) is 14.1. The van der Waals surface area contributed by atoms with Crippen LogP contribution in [0.25, 0.3) is 0 Å². The predicted molar refractivity (Wildman–Crippen MR) is 94.6 cm³/mol. The van der Waals surface area contributed by atoms with Gasteiger partial charge in [-0.2, -0.15) is 0 Å². The summed E-state index contributed by atoms with van der Waals surface area (Å²) in [5, 5.41) is 6.88. The van der Waals surface area contributed by atoms with Gasteiger partial charge in [-0.25, -0.2) is 0 Å². The highest BCUT2D eigenvalue weighted by molar-refractivity contribution is 6.31. The van der Waals surface area contributed by atoms with E-state index in [1.807, 2.05) is 18.2 Å². The zero-order valence-electron chi connectivity index (χ0n) is 13.3. The Balaban J connectivity index is 1.77. The third kappa shape index (κ3) is 4.04. The molecule has 1 aliphatic rings. The molecular weight excluding hydrogens is 326 g/mol. The van der Waals surface area contributed by atoms with Gasteiger partial charge in [0.1, 0.15) is 0 Å². The predicted octanol–water partition coefficient (Wildman–Crippen LogP) is 2.03. The molecule has 3 rings (SSSR count). The maximum atomic E-state index is 12.4. The Kier molecular flexibility index (Phi) is 5.33. The Morgan fingerprint density at radius 3 is 2.88 bits per heavy atom. The Morgan fingerprint density at radius 2 is 2.12 bits per heavy atom. The Labute approximate surface area is 145 Å². The van der Waals surface area contributed by atoms with Crippen LogP contribution in [0.5, 0.6) is 0 Å². The number of aromatic nitrogens is 1. The second kappa shape index (κ2) is 7.64. The lowest BCUT2D eigenvalue weighted by molar-refractivity contribution is 0.0930. The maximum absolute atomic E-state index is 12.4.